The minimum absolute atomic E-state index is 0.131. The predicted octanol–water partition coefficient (Wildman–Crippen LogP) is 3.99. The maximum absolute atomic E-state index is 13.6. The van der Waals surface area contributed by atoms with Crippen molar-refractivity contribution in [3.05, 3.63) is 59.8 Å². The van der Waals surface area contributed by atoms with Gasteiger partial charge in [0.2, 0.25) is 5.91 Å². The van der Waals surface area contributed by atoms with Crippen molar-refractivity contribution < 1.29 is 22.4 Å². The number of nitrogens with two attached hydrogens (primary N) is 1. The zero-order valence-electron chi connectivity index (χ0n) is 17.4. The Bertz CT molecular complexity index is 1330. The Morgan fingerprint density at radius 3 is 2.70 bits per heavy atom. The summed E-state index contributed by atoms with van der Waals surface area (Å²) in [5, 5.41) is 6.59. The highest BCUT2D eigenvalue weighted by molar-refractivity contribution is 5.95. The molecule has 0 saturated carbocycles. The highest BCUT2D eigenvalue weighted by atomic mass is 19.4. The van der Waals surface area contributed by atoms with Crippen molar-refractivity contribution in [2.45, 2.75) is 26.1 Å². The minimum atomic E-state index is -4.73. The molecule has 0 saturated heterocycles. The molecule has 0 atom stereocenters. The van der Waals surface area contributed by atoms with E-state index in [1.54, 1.807) is 18.2 Å². The lowest BCUT2D eigenvalue weighted by molar-refractivity contribution is -0.141. The van der Waals surface area contributed by atoms with Gasteiger partial charge in [-0.2, -0.15) is 18.3 Å². The molecule has 0 radical (unpaired) electrons. The molecule has 3 N–H and O–H groups in total. The van der Waals surface area contributed by atoms with E-state index in [1.807, 2.05) is 6.92 Å². The van der Waals surface area contributed by atoms with Gasteiger partial charge in [-0.15, -0.1) is 0 Å². The van der Waals surface area contributed by atoms with Gasteiger partial charge in [-0.25, -0.2) is 14.4 Å². The van der Waals surface area contributed by atoms with E-state index in [2.05, 4.69) is 20.4 Å². The first-order valence-corrected chi connectivity index (χ1v) is 9.95. The number of benzene rings is 1. The van der Waals surface area contributed by atoms with Crippen LogP contribution in [0.1, 0.15) is 28.5 Å². The summed E-state index contributed by atoms with van der Waals surface area (Å²) >= 11 is 0. The number of alkyl halides is 4. The Labute approximate surface area is 185 Å². The van der Waals surface area contributed by atoms with Crippen LogP contribution in [0.2, 0.25) is 0 Å². The Kier molecular flexibility index (Phi) is 5.75. The average Bonchev–Trinajstić information content (AvgIpc) is 3.38. The van der Waals surface area contributed by atoms with E-state index < -0.39 is 24.5 Å². The molecule has 3 aromatic heterocycles. The molecule has 8 nitrogen and oxygen atoms in total. The van der Waals surface area contributed by atoms with Crippen LogP contribution in [0.25, 0.3) is 16.9 Å². The van der Waals surface area contributed by atoms with Gasteiger partial charge in [-0.05, 0) is 30.2 Å². The highest BCUT2D eigenvalue weighted by Crippen LogP contribution is 2.37. The molecule has 0 aliphatic heterocycles. The van der Waals surface area contributed by atoms with Crippen molar-refractivity contribution >= 4 is 23.1 Å². The van der Waals surface area contributed by atoms with Crippen molar-refractivity contribution in [1.82, 2.24) is 24.1 Å². The van der Waals surface area contributed by atoms with Crippen LogP contribution in [0.3, 0.4) is 0 Å². The van der Waals surface area contributed by atoms with Crippen LogP contribution >= 0.6 is 0 Å². The molecule has 0 aliphatic rings. The number of halogens is 4. The number of carbonyl (C=O) groups excluding carboxylic acids is 1. The number of carbonyl (C=O) groups is 1. The maximum Gasteiger partial charge on any atom is 0.435 e. The van der Waals surface area contributed by atoms with Crippen LogP contribution in [-0.4, -0.2) is 36.7 Å². The fourth-order valence-corrected chi connectivity index (χ4v) is 3.57. The average molecular weight is 461 g/mol. The SMILES string of the molecule is CCc1cc(Nc2nccn3c(-c4cn(CCF)nc4C(F)(F)F)cnc23)ccc1C(N)=O. The van der Waals surface area contributed by atoms with E-state index in [9.17, 15) is 22.4 Å². The second-order valence-electron chi connectivity index (χ2n) is 7.17. The summed E-state index contributed by atoms with van der Waals surface area (Å²) in [5.41, 5.74) is 6.20. The number of aromatic nitrogens is 5. The molecule has 12 heteroatoms. The Balaban J connectivity index is 1.77. The van der Waals surface area contributed by atoms with E-state index in [1.165, 1.54) is 23.0 Å². The first kappa shape index (κ1) is 22.2. The van der Waals surface area contributed by atoms with Crippen molar-refractivity contribution in [2.24, 2.45) is 5.73 Å². The molecule has 0 bridgehead atoms. The van der Waals surface area contributed by atoms with Crippen molar-refractivity contribution in [2.75, 3.05) is 12.0 Å². The molecular weight excluding hydrogens is 442 g/mol. The Morgan fingerprint density at radius 1 is 1.24 bits per heavy atom. The topological polar surface area (TPSA) is 103 Å². The highest BCUT2D eigenvalue weighted by Gasteiger charge is 2.38. The smallest absolute Gasteiger partial charge is 0.366 e. The number of aryl methyl sites for hydroxylation is 2. The quantitative estimate of drug-likeness (QED) is 0.405. The Hall–Kier alpha value is -3.96. The number of rotatable bonds is 7. The lowest BCUT2D eigenvalue weighted by atomic mass is 10.0. The van der Waals surface area contributed by atoms with Gasteiger partial charge in [-0.3, -0.25) is 13.9 Å². The summed E-state index contributed by atoms with van der Waals surface area (Å²) in [5.74, 6) is -0.243. The van der Waals surface area contributed by atoms with E-state index >= 15 is 0 Å². The molecule has 33 heavy (non-hydrogen) atoms. The number of anilines is 2. The predicted molar refractivity (Wildman–Crippen MR) is 113 cm³/mol. The van der Waals surface area contributed by atoms with Crippen LogP contribution < -0.4 is 11.1 Å². The number of imidazole rings is 1. The van der Waals surface area contributed by atoms with Gasteiger partial charge >= 0.3 is 6.18 Å². The summed E-state index contributed by atoms with van der Waals surface area (Å²) < 4.78 is 55.8. The summed E-state index contributed by atoms with van der Waals surface area (Å²) in [6.45, 7) is 0.736. The van der Waals surface area contributed by atoms with Gasteiger partial charge in [-0.1, -0.05) is 6.92 Å². The third-order valence-corrected chi connectivity index (χ3v) is 5.06. The molecule has 4 rings (SSSR count). The molecule has 3 heterocycles. The summed E-state index contributed by atoms with van der Waals surface area (Å²) in [6, 6.07) is 4.99. The second-order valence-corrected chi connectivity index (χ2v) is 7.17. The van der Waals surface area contributed by atoms with Gasteiger partial charge in [0, 0.05) is 29.8 Å². The number of nitrogens with zero attached hydrogens (tertiary/aromatic N) is 5. The van der Waals surface area contributed by atoms with E-state index in [4.69, 9.17) is 5.73 Å². The number of fused-ring (bicyclic) bond motifs is 1. The van der Waals surface area contributed by atoms with E-state index in [0.29, 0.717) is 23.5 Å². The van der Waals surface area contributed by atoms with E-state index in [-0.39, 0.29) is 23.4 Å². The fourth-order valence-electron chi connectivity index (χ4n) is 3.57. The van der Waals surface area contributed by atoms with E-state index in [0.717, 1.165) is 16.4 Å². The van der Waals surface area contributed by atoms with Crippen molar-refractivity contribution in [1.29, 1.82) is 0 Å². The number of primary amides is 1. The molecule has 172 valence electrons. The minimum Gasteiger partial charge on any atom is -0.366 e. The van der Waals surface area contributed by atoms with Crippen molar-refractivity contribution in [3.63, 3.8) is 0 Å². The normalized spacial score (nSPS) is 11.8. The van der Waals surface area contributed by atoms with Crippen LogP contribution in [0, 0.1) is 0 Å². The van der Waals surface area contributed by atoms with Crippen LogP contribution in [0.4, 0.5) is 29.1 Å². The molecule has 0 aliphatic carbocycles. The number of hydrogen-bond acceptors (Lipinski definition) is 5. The molecular formula is C21H19F4N7O. The van der Waals surface area contributed by atoms with Gasteiger partial charge in [0.25, 0.3) is 0 Å². The Morgan fingerprint density at radius 2 is 2.03 bits per heavy atom. The zero-order chi connectivity index (χ0) is 23.8. The monoisotopic (exact) mass is 461 g/mol. The standard InChI is InChI=1S/C21H19F4N7O/c1-2-12-9-13(3-4-14(12)18(26)33)29-19-20-28-10-16(32(20)8-6-27-19)15-11-31(7-5-22)30-17(15)21(23,24)25/h3-4,6,8-11H,2,5,7H2,1H3,(H2,26,33)(H,27,29). The van der Waals surface area contributed by atoms with Gasteiger partial charge in [0.05, 0.1) is 24.0 Å². The zero-order valence-corrected chi connectivity index (χ0v) is 17.4. The largest absolute Gasteiger partial charge is 0.435 e. The first-order chi connectivity index (χ1) is 15.7. The third kappa shape index (κ3) is 4.23. The lowest BCUT2D eigenvalue weighted by Gasteiger charge is -2.11. The van der Waals surface area contributed by atoms with Crippen molar-refractivity contribution in [3.8, 4) is 11.3 Å². The molecule has 0 unspecified atom stereocenters. The summed E-state index contributed by atoms with van der Waals surface area (Å²) in [6.07, 6.45) is 1.16. The van der Waals surface area contributed by atoms with Gasteiger partial charge in [0.15, 0.2) is 17.2 Å². The first-order valence-electron chi connectivity index (χ1n) is 9.95. The second kappa shape index (κ2) is 8.52. The van der Waals surface area contributed by atoms with Crippen LogP contribution in [-0.2, 0) is 19.1 Å². The molecule has 4 aromatic rings. The lowest BCUT2D eigenvalue weighted by Crippen LogP contribution is -2.13. The van der Waals surface area contributed by atoms with Crippen LogP contribution in [0.5, 0.6) is 0 Å². The molecule has 1 amide bonds. The van der Waals surface area contributed by atoms with Gasteiger partial charge in [0.1, 0.15) is 6.67 Å². The third-order valence-electron chi connectivity index (χ3n) is 5.06. The van der Waals surface area contributed by atoms with Crippen LogP contribution in [0.15, 0.2) is 43.0 Å². The summed E-state index contributed by atoms with van der Waals surface area (Å²) in [7, 11) is 0. The maximum atomic E-state index is 13.6. The summed E-state index contributed by atoms with van der Waals surface area (Å²) in [4.78, 5) is 20.1. The number of amides is 1. The van der Waals surface area contributed by atoms with Gasteiger partial charge < -0.3 is 11.1 Å². The molecule has 0 fully saturated rings. The fraction of sp³-hybridized carbons (Fsp3) is 0.238. The number of nitrogens with one attached hydrogen (secondary N) is 1. The number of hydrogen-bond donors (Lipinski definition) is 2. The molecule has 1 aromatic carbocycles. The molecule has 0 spiro atoms.